The van der Waals surface area contributed by atoms with Crippen LogP contribution in [0.5, 0.6) is 5.75 Å². The van der Waals surface area contributed by atoms with E-state index in [-0.39, 0.29) is 48.5 Å². The summed E-state index contributed by atoms with van der Waals surface area (Å²) >= 11 is 0. The largest absolute Gasteiger partial charge is 0.467 e. The molecule has 28 heavy (non-hydrogen) atoms. The second-order valence-electron chi connectivity index (χ2n) is 6.68. The third kappa shape index (κ3) is 5.69. The zero-order valence-corrected chi connectivity index (χ0v) is 18.6. The summed E-state index contributed by atoms with van der Waals surface area (Å²) in [5.74, 6) is 1.16. The van der Waals surface area contributed by atoms with Gasteiger partial charge >= 0.3 is 0 Å². The van der Waals surface area contributed by atoms with Gasteiger partial charge in [-0.25, -0.2) is 9.38 Å². The molecule has 3 rings (SSSR count). The Morgan fingerprint density at radius 3 is 2.96 bits per heavy atom. The van der Waals surface area contributed by atoms with Crippen LogP contribution in [0.25, 0.3) is 0 Å². The quantitative estimate of drug-likeness (QED) is 0.365. The second kappa shape index (κ2) is 10.8. The van der Waals surface area contributed by atoms with Crippen LogP contribution in [-0.2, 0) is 22.7 Å². The molecule has 0 aromatic heterocycles. The summed E-state index contributed by atoms with van der Waals surface area (Å²) in [6.45, 7) is 6.80. The Kier molecular flexibility index (Phi) is 8.74. The van der Waals surface area contributed by atoms with E-state index in [1.807, 2.05) is 18.7 Å². The fourth-order valence-corrected chi connectivity index (χ4v) is 3.38. The topological polar surface area (TPSA) is 75.2 Å². The van der Waals surface area contributed by atoms with E-state index in [0.717, 1.165) is 13.0 Å². The number of carbonyl (C=O) groups excluding carboxylic acids is 1. The minimum Gasteiger partial charge on any atom is -0.467 e. The van der Waals surface area contributed by atoms with Crippen LogP contribution < -0.4 is 15.4 Å². The third-order valence-electron chi connectivity index (χ3n) is 4.69. The fourth-order valence-electron chi connectivity index (χ4n) is 3.38. The van der Waals surface area contributed by atoms with Gasteiger partial charge in [-0.05, 0) is 25.5 Å². The van der Waals surface area contributed by atoms with E-state index < -0.39 is 0 Å². The molecule has 0 aliphatic carbocycles. The van der Waals surface area contributed by atoms with E-state index >= 15 is 0 Å². The SMILES string of the molecule is CCNC(=NCc1cc(F)cc2c1OCOC2)NC1CCN(C(=O)CC)C1.I. The highest BCUT2D eigenvalue weighted by atomic mass is 127. The number of carbonyl (C=O) groups is 1. The van der Waals surface area contributed by atoms with Gasteiger partial charge in [0, 0.05) is 43.2 Å². The summed E-state index contributed by atoms with van der Waals surface area (Å²) in [7, 11) is 0. The molecule has 1 saturated heterocycles. The molecule has 7 nitrogen and oxygen atoms in total. The number of guanidine groups is 1. The van der Waals surface area contributed by atoms with Gasteiger partial charge in [0.2, 0.25) is 5.91 Å². The van der Waals surface area contributed by atoms with E-state index in [2.05, 4.69) is 15.6 Å². The zero-order valence-electron chi connectivity index (χ0n) is 16.3. The van der Waals surface area contributed by atoms with E-state index in [0.29, 0.717) is 55.5 Å². The maximum atomic E-state index is 13.9. The number of halogens is 2. The highest BCUT2D eigenvalue weighted by Gasteiger charge is 2.26. The Hall–Kier alpha value is -1.62. The molecule has 0 bridgehead atoms. The maximum absolute atomic E-state index is 13.9. The molecule has 2 aliphatic heterocycles. The van der Waals surface area contributed by atoms with E-state index in [9.17, 15) is 9.18 Å². The Morgan fingerprint density at radius 1 is 1.39 bits per heavy atom. The predicted octanol–water partition coefficient (Wildman–Crippen LogP) is 2.38. The van der Waals surface area contributed by atoms with Gasteiger partial charge in [0.25, 0.3) is 0 Å². The molecule has 2 heterocycles. The van der Waals surface area contributed by atoms with Crippen molar-refractivity contribution in [2.24, 2.45) is 4.99 Å². The lowest BCUT2D eigenvalue weighted by Crippen LogP contribution is -2.45. The van der Waals surface area contributed by atoms with Crippen LogP contribution in [0.1, 0.15) is 37.8 Å². The molecule has 1 fully saturated rings. The zero-order chi connectivity index (χ0) is 19.2. The van der Waals surface area contributed by atoms with Crippen molar-refractivity contribution in [1.29, 1.82) is 0 Å². The van der Waals surface area contributed by atoms with Gasteiger partial charge in [-0.2, -0.15) is 0 Å². The number of aliphatic imine (C=N–C) groups is 1. The van der Waals surface area contributed by atoms with Gasteiger partial charge in [-0.15, -0.1) is 24.0 Å². The van der Waals surface area contributed by atoms with Crippen molar-refractivity contribution in [2.75, 3.05) is 26.4 Å². The number of amides is 1. The fraction of sp³-hybridized carbons (Fsp3) is 0.579. The highest BCUT2D eigenvalue weighted by molar-refractivity contribution is 14.0. The molecule has 1 unspecified atom stereocenters. The van der Waals surface area contributed by atoms with E-state index in [1.165, 1.54) is 12.1 Å². The number of nitrogens with one attached hydrogen (secondary N) is 2. The molecule has 1 aromatic carbocycles. The lowest BCUT2D eigenvalue weighted by atomic mass is 10.1. The lowest BCUT2D eigenvalue weighted by molar-refractivity contribution is -0.129. The molecule has 0 saturated carbocycles. The average Bonchev–Trinajstić information content (AvgIpc) is 3.13. The number of ether oxygens (including phenoxy) is 2. The van der Waals surface area contributed by atoms with E-state index in [1.54, 1.807) is 0 Å². The van der Waals surface area contributed by atoms with Crippen LogP contribution in [0.2, 0.25) is 0 Å². The van der Waals surface area contributed by atoms with Gasteiger partial charge < -0.3 is 25.0 Å². The number of nitrogens with zero attached hydrogens (tertiary/aromatic N) is 2. The van der Waals surface area contributed by atoms with Gasteiger partial charge in [0.15, 0.2) is 12.8 Å². The maximum Gasteiger partial charge on any atom is 0.222 e. The van der Waals surface area contributed by atoms with Crippen LogP contribution >= 0.6 is 24.0 Å². The normalized spacial score (nSPS) is 18.8. The molecule has 9 heteroatoms. The van der Waals surface area contributed by atoms with Gasteiger partial charge in [-0.1, -0.05) is 6.92 Å². The van der Waals surface area contributed by atoms with Crippen molar-refractivity contribution < 1.29 is 18.7 Å². The van der Waals surface area contributed by atoms with Crippen LogP contribution in [0.15, 0.2) is 17.1 Å². The Labute approximate surface area is 182 Å². The smallest absolute Gasteiger partial charge is 0.222 e. The van der Waals surface area contributed by atoms with E-state index in [4.69, 9.17) is 9.47 Å². The number of fused-ring (bicyclic) bond motifs is 1. The molecule has 0 radical (unpaired) electrons. The molecular formula is C19H28FIN4O3. The number of hydrogen-bond donors (Lipinski definition) is 2. The molecule has 1 amide bonds. The number of hydrogen-bond acceptors (Lipinski definition) is 4. The van der Waals surface area contributed by atoms with Crippen molar-refractivity contribution in [3.8, 4) is 5.75 Å². The summed E-state index contributed by atoms with van der Waals surface area (Å²) in [4.78, 5) is 18.3. The lowest BCUT2D eigenvalue weighted by Gasteiger charge is -2.21. The summed E-state index contributed by atoms with van der Waals surface area (Å²) in [5, 5.41) is 6.59. The van der Waals surface area contributed by atoms with Crippen molar-refractivity contribution in [1.82, 2.24) is 15.5 Å². The van der Waals surface area contributed by atoms with Crippen LogP contribution in [0, 0.1) is 5.82 Å². The third-order valence-corrected chi connectivity index (χ3v) is 4.69. The standard InChI is InChI=1S/C19H27FN4O3.HI/c1-3-17(25)24-6-5-16(10-24)23-19(21-4-2)22-9-13-7-15(20)8-14-11-26-12-27-18(13)14;/h7-8,16H,3-6,9-12H2,1-2H3,(H2,21,22,23);1H. The van der Waals surface area contributed by atoms with Crippen molar-refractivity contribution in [3.05, 3.63) is 29.1 Å². The Bertz CT molecular complexity index is 717. The first-order valence-electron chi connectivity index (χ1n) is 9.45. The van der Waals surface area contributed by atoms with Crippen LogP contribution in [-0.4, -0.2) is 49.2 Å². The summed E-state index contributed by atoms with van der Waals surface area (Å²) in [6.07, 6.45) is 1.40. The number of likely N-dealkylation sites (tertiary alicyclic amines) is 1. The average molecular weight is 506 g/mol. The minimum atomic E-state index is -0.324. The Morgan fingerprint density at radius 2 is 2.21 bits per heavy atom. The number of rotatable bonds is 5. The van der Waals surface area contributed by atoms with Gasteiger partial charge in [0.05, 0.1) is 13.2 Å². The first-order chi connectivity index (χ1) is 13.1. The molecule has 0 spiro atoms. The first-order valence-corrected chi connectivity index (χ1v) is 9.45. The minimum absolute atomic E-state index is 0. The monoisotopic (exact) mass is 506 g/mol. The first kappa shape index (κ1) is 22.7. The van der Waals surface area contributed by atoms with Gasteiger partial charge in [0.1, 0.15) is 11.6 Å². The van der Waals surface area contributed by atoms with Crippen LogP contribution in [0.3, 0.4) is 0 Å². The highest BCUT2D eigenvalue weighted by Crippen LogP contribution is 2.29. The molecule has 2 aliphatic rings. The Balaban J connectivity index is 0.00000280. The summed E-state index contributed by atoms with van der Waals surface area (Å²) < 4.78 is 24.6. The summed E-state index contributed by atoms with van der Waals surface area (Å²) in [6, 6.07) is 3.04. The molecule has 1 aromatic rings. The predicted molar refractivity (Wildman–Crippen MR) is 115 cm³/mol. The molecule has 1 atom stereocenters. The van der Waals surface area contributed by atoms with Crippen LogP contribution in [0.4, 0.5) is 4.39 Å². The molecule has 2 N–H and O–H groups in total. The van der Waals surface area contributed by atoms with Crippen molar-refractivity contribution in [2.45, 2.75) is 45.9 Å². The molecule has 156 valence electrons. The van der Waals surface area contributed by atoms with Gasteiger partial charge in [-0.3, -0.25) is 4.79 Å². The van der Waals surface area contributed by atoms with Crippen molar-refractivity contribution in [3.63, 3.8) is 0 Å². The number of benzene rings is 1. The van der Waals surface area contributed by atoms with Crippen molar-refractivity contribution >= 4 is 35.8 Å². The second-order valence-corrected chi connectivity index (χ2v) is 6.68. The summed E-state index contributed by atoms with van der Waals surface area (Å²) in [5.41, 5.74) is 1.40. The molecular weight excluding hydrogens is 478 g/mol.